The smallest absolute Gasteiger partial charge is 0.110 e. The average Bonchev–Trinajstić information content (AvgIpc) is 3.48. The maximum absolute atomic E-state index is 13.7. The van der Waals surface area contributed by atoms with E-state index in [0.29, 0.717) is 11.8 Å². The summed E-state index contributed by atoms with van der Waals surface area (Å²) in [4.78, 5) is 2.47. The first-order chi connectivity index (χ1) is 19.5. The molecule has 0 N–H and O–H groups in total. The lowest BCUT2D eigenvalue weighted by molar-refractivity contribution is 0.0641. The van der Waals surface area contributed by atoms with Crippen LogP contribution in [0.5, 0.6) is 0 Å². The molecule has 1 aliphatic heterocycles. The van der Waals surface area contributed by atoms with Crippen molar-refractivity contribution in [3.8, 4) is 0 Å². The van der Waals surface area contributed by atoms with Crippen molar-refractivity contribution in [2.75, 3.05) is 19.6 Å². The molecule has 0 radical (unpaired) electrons. The second kappa shape index (κ2) is 21.9. The monoisotopic (exact) mass is 570 g/mol. The van der Waals surface area contributed by atoms with E-state index in [0.717, 1.165) is 31.8 Å². The number of nitrogens with zero attached hydrogens (tertiary/aromatic N) is 1. The Morgan fingerprint density at radius 2 is 1.46 bits per heavy atom. The predicted octanol–water partition coefficient (Wildman–Crippen LogP) is 12.4. The van der Waals surface area contributed by atoms with Crippen molar-refractivity contribution in [2.24, 2.45) is 17.8 Å². The zero-order valence-electron chi connectivity index (χ0n) is 29.1. The van der Waals surface area contributed by atoms with Crippen LogP contribution in [0.25, 0.3) is 0 Å². The van der Waals surface area contributed by atoms with Crippen LogP contribution in [0.1, 0.15) is 133 Å². The first kappa shape index (κ1) is 39.3. The second-order valence-electron chi connectivity index (χ2n) is 12.7. The van der Waals surface area contributed by atoms with Crippen LogP contribution in [-0.4, -0.2) is 30.2 Å². The zero-order chi connectivity index (χ0) is 31.4. The number of rotatable bonds is 13. The molecule has 0 aromatic rings. The van der Waals surface area contributed by atoms with E-state index in [2.05, 4.69) is 84.8 Å². The van der Waals surface area contributed by atoms with Gasteiger partial charge in [-0.05, 0) is 108 Å². The van der Waals surface area contributed by atoms with Crippen LogP contribution < -0.4 is 0 Å². The Morgan fingerprint density at radius 3 is 1.90 bits per heavy atom. The Kier molecular flexibility index (Phi) is 21.1. The molecule has 1 nitrogen and oxygen atoms in total. The second-order valence-corrected chi connectivity index (χ2v) is 12.7. The van der Waals surface area contributed by atoms with Crippen molar-refractivity contribution in [1.82, 2.24) is 4.90 Å². The van der Waals surface area contributed by atoms with Gasteiger partial charge in [-0.1, -0.05) is 115 Å². The highest BCUT2D eigenvalue weighted by Crippen LogP contribution is 2.32. The normalized spacial score (nSPS) is 18.9. The molecule has 1 saturated heterocycles. The van der Waals surface area contributed by atoms with Gasteiger partial charge >= 0.3 is 0 Å². The highest BCUT2D eigenvalue weighted by atomic mass is 19.1. The summed E-state index contributed by atoms with van der Waals surface area (Å²) in [5.41, 5.74) is 6.03. The summed E-state index contributed by atoms with van der Waals surface area (Å²) in [7, 11) is 0. The van der Waals surface area contributed by atoms with Crippen molar-refractivity contribution in [3.63, 3.8) is 0 Å². The molecule has 2 heteroatoms. The minimum atomic E-state index is -0.901. The lowest BCUT2D eigenvalue weighted by Gasteiger charge is -2.36. The zero-order valence-corrected chi connectivity index (χ0v) is 29.1. The number of hydrogen-bond acceptors (Lipinski definition) is 1. The molecule has 0 aromatic carbocycles. The number of halogens is 1. The summed E-state index contributed by atoms with van der Waals surface area (Å²) in [5, 5.41) is 0. The Hall–Kier alpha value is -1.67. The number of alkyl halides is 1. The molecular weight excluding hydrogens is 501 g/mol. The summed E-state index contributed by atoms with van der Waals surface area (Å²) in [6.07, 6.45) is 22.8. The van der Waals surface area contributed by atoms with E-state index in [1.165, 1.54) is 80.2 Å². The quantitative estimate of drug-likeness (QED) is 0.199. The molecule has 2 fully saturated rings. The first-order valence-electron chi connectivity index (χ1n) is 16.9. The molecule has 41 heavy (non-hydrogen) atoms. The molecule has 0 aromatic heterocycles. The molecule has 2 aliphatic rings. The van der Waals surface area contributed by atoms with Gasteiger partial charge in [0.05, 0.1) is 0 Å². The molecule has 2 rings (SSSR count). The molecular formula is C39H68FN. The topological polar surface area (TPSA) is 3.24 Å². The number of hydrogen-bond donors (Lipinski definition) is 0. The summed E-state index contributed by atoms with van der Waals surface area (Å²) >= 11 is 0. The van der Waals surface area contributed by atoms with Gasteiger partial charge < -0.3 is 4.90 Å². The number of allylic oxidation sites excluding steroid dienone is 10. The van der Waals surface area contributed by atoms with Gasteiger partial charge in [0, 0.05) is 19.6 Å². The van der Waals surface area contributed by atoms with Gasteiger partial charge in [0.1, 0.15) is 5.67 Å². The maximum Gasteiger partial charge on any atom is 0.110 e. The number of likely N-dealkylation sites (tertiary alicyclic amines) is 1. The van der Waals surface area contributed by atoms with Gasteiger partial charge in [-0.3, -0.25) is 0 Å². The van der Waals surface area contributed by atoms with E-state index in [4.69, 9.17) is 0 Å². The fraction of sp³-hybridized carbons (Fsp3) is 0.692. The van der Waals surface area contributed by atoms with Gasteiger partial charge in [0.2, 0.25) is 0 Å². The Morgan fingerprint density at radius 1 is 0.927 bits per heavy atom. The van der Waals surface area contributed by atoms with E-state index in [1.54, 1.807) is 12.5 Å². The van der Waals surface area contributed by atoms with E-state index >= 15 is 0 Å². The molecule has 1 saturated carbocycles. The summed E-state index contributed by atoms with van der Waals surface area (Å²) < 4.78 is 13.7. The van der Waals surface area contributed by atoms with Crippen molar-refractivity contribution < 1.29 is 4.39 Å². The van der Waals surface area contributed by atoms with Crippen LogP contribution in [0.2, 0.25) is 0 Å². The Labute approximate surface area is 256 Å². The Balaban J connectivity index is 0.000000777. The van der Waals surface area contributed by atoms with Gasteiger partial charge in [-0.15, -0.1) is 0 Å². The van der Waals surface area contributed by atoms with Gasteiger partial charge in [-0.2, -0.15) is 0 Å². The van der Waals surface area contributed by atoms with Gasteiger partial charge in [-0.25, -0.2) is 4.39 Å². The van der Waals surface area contributed by atoms with Gasteiger partial charge in [0.15, 0.2) is 0 Å². The van der Waals surface area contributed by atoms with Crippen LogP contribution in [0, 0.1) is 17.8 Å². The van der Waals surface area contributed by atoms with Crippen molar-refractivity contribution in [3.05, 3.63) is 71.4 Å². The molecule has 1 heterocycles. The van der Waals surface area contributed by atoms with Crippen LogP contribution in [-0.2, 0) is 0 Å². The maximum atomic E-state index is 13.7. The molecule has 2 atom stereocenters. The minimum Gasteiger partial charge on any atom is -0.303 e. The SMILES string of the molecule is C=C/C(C)=C\C(=C(C)C)C(C)C(C)/C(C=C)=C/C=C1CCCC1.CC.CCCC(CCC)CN1CCC(C)(F)CC1. The average molecular weight is 570 g/mol. The third-order valence-corrected chi connectivity index (χ3v) is 8.85. The number of piperidine rings is 1. The van der Waals surface area contributed by atoms with Crippen LogP contribution in [0.3, 0.4) is 0 Å². The Bertz CT molecular complexity index is 840. The molecule has 2 unspecified atom stereocenters. The molecule has 1 aliphatic carbocycles. The first-order valence-corrected chi connectivity index (χ1v) is 16.9. The highest BCUT2D eigenvalue weighted by Gasteiger charge is 2.30. The molecule has 236 valence electrons. The van der Waals surface area contributed by atoms with E-state index < -0.39 is 5.67 Å². The van der Waals surface area contributed by atoms with E-state index in [1.807, 2.05) is 26.0 Å². The molecule has 0 bridgehead atoms. The predicted molar refractivity (Wildman–Crippen MR) is 185 cm³/mol. The molecule has 0 amide bonds. The summed E-state index contributed by atoms with van der Waals surface area (Å²) in [6, 6.07) is 0. The minimum absolute atomic E-state index is 0.449. The van der Waals surface area contributed by atoms with Crippen LogP contribution >= 0.6 is 0 Å². The summed E-state index contributed by atoms with van der Waals surface area (Å²) in [5.74, 6) is 1.74. The third kappa shape index (κ3) is 15.9. The summed E-state index contributed by atoms with van der Waals surface area (Å²) in [6.45, 7) is 32.4. The molecule has 0 spiro atoms. The van der Waals surface area contributed by atoms with E-state index in [-0.39, 0.29) is 0 Å². The van der Waals surface area contributed by atoms with E-state index in [9.17, 15) is 4.39 Å². The lowest BCUT2D eigenvalue weighted by atomic mass is 9.81. The standard InChI is InChI=1S/C23H34.C14H28FN.C2H6/c1-8-18(5)16-23(17(3)4)20(7)19(6)22(9-2)15-14-21-12-10-11-13-21;1-4-6-13(7-5-2)12-16-10-8-14(3,15)9-11-16;1-2/h8-9,14-16,19-20H,1-2,10-13H2,3-7H3;13H,4-12H2,1-3H3;1-2H3/b18-16-,22-15+;;. The van der Waals surface area contributed by atoms with Crippen molar-refractivity contribution in [2.45, 2.75) is 139 Å². The van der Waals surface area contributed by atoms with Crippen molar-refractivity contribution in [1.29, 1.82) is 0 Å². The third-order valence-electron chi connectivity index (χ3n) is 8.85. The fourth-order valence-electron chi connectivity index (χ4n) is 5.92. The van der Waals surface area contributed by atoms with Crippen LogP contribution in [0.15, 0.2) is 71.4 Å². The van der Waals surface area contributed by atoms with Crippen molar-refractivity contribution >= 4 is 0 Å². The highest BCUT2D eigenvalue weighted by molar-refractivity contribution is 5.36. The lowest BCUT2D eigenvalue weighted by Crippen LogP contribution is -2.42. The van der Waals surface area contributed by atoms with Crippen LogP contribution in [0.4, 0.5) is 4.39 Å². The largest absolute Gasteiger partial charge is 0.303 e. The van der Waals surface area contributed by atoms with Gasteiger partial charge in [0.25, 0.3) is 0 Å². The fourth-order valence-corrected chi connectivity index (χ4v) is 5.92.